The van der Waals surface area contributed by atoms with Crippen molar-refractivity contribution in [2.45, 2.75) is 40.2 Å². The van der Waals surface area contributed by atoms with Gasteiger partial charge in [0.25, 0.3) is 0 Å². The summed E-state index contributed by atoms with van der Waals surface area (Å²) in [7, 11) is 0. The normalized spacial score (nSPS) is 11.5. The van der Waals surface area contributed by atoms with Crippen molar-refractivity contribution in [2.24, 2.45) is 0 Å². The zero-order valence-corrected chi connectivity index (χ0v) is 12.9. The van der Waals surface area contributed by atoms with Gasteiger partial charge in [-0.05, 0) is 39.3 Å². The van der Waals surface area contributed by atoms with E-state index in [1.54, 1.807) is 31.4 Å². The highest BCUT2D eigenvalue weighted by Crippen LogP contribution is 2.19. The Balaban J connectivity index is 2.41. The van der Waals surface area contributed by atoms with Crippen LogP contribution in [0.4, 0.5) is 10.6 Å². The molecule has 0 aromatic carbocycles. The molecular weight excluding hydrogens is 270 g/mol. The van der Waals surface area contributed by atoms with Crippen molar-refractivity contribution in [3.63, 3.8) is 0 Å². The Labute approximate surface area is 123 Å². The first kappa shape index (κ1) is 15.0. The second kappa shape index (κ2) is 5.20. The maximum absolute atomic E-state index is 12.2. The van der Waals surface area contributed by atoms with E-state index in [1.165, 1.54) is 6.92 Å². The van der Waals surface area contributed by atoms with Crippen LogP contribution in [0, 0.1) is 6.92 Å². The largest absolute Gasteiger partial charge is 0.443 e. The fraction of sp³-hybridized carbons (Fsp3) is 0.400. The number of aromatic nitrogens is 2. The smallest absolute Gasteiger partial charge is 0.423 e. The molecule has 0 fully saturated rings. The van der Waals surface area contributed by atoms with Gasteiger partial charge >= 0.3 is 6.09 Å². The molecular formula is C15H19N3O3. The van der Waals surface area contributed by atoms with Crippen LogP contribution in [-0.4, -0.2) is 27.0 Å². The predicted molar refractivity (Wildman–Crippen MR) is 79.3 cm³/mol. The molecule has 6 nitrogen and oxygen atoms in total. The maximum atomic E-state index is 12.2. The Kier molecular flexibility index (Phi) is 3.72. The van der Waals surface area contributed by atoms with E-state index in [-0.39, 0.29) is 5.82 Å². The van der Waals surface area contributed by atoms with Crippen LogP contribution in [0.25, 0.3) is 5.65 Å². The highest BCUT2D eigenvalue weighted by molar-refractivity contribution is 6.10. The molecule has 2 rings (SSSR count). The van der Waals surface area contributed by atoms with E-state index in [2.05, 4.69) is 4.98 Å². The third kappa shape index (κ3) is 3.39. The highest BCUT2D eigenvalue weighted by Gasteiger charge is 2.28. The zero-order valence-electron chi connectivity index (χ0n) is 12.9. The lowest BCUT2D eigenvalue weighted by Gasteiger charge is -2.24. The fourth-order valence-corrected chi connectivity index (χ4v) is 1.89. The van der Waals surface area contributed by atoms with Crippen molar-refractivity contribution in [2.75, 3.05) is 4.90 Å². The molecule has 0 aliphatic heterocycles. The number of aryl methyl sites for hydroxylation is 1. The molecule has 0 aliphatic rings. The molecule has 0 N–H and O–H groups in total. The molecule has 0 unspecified atom stereocenters. The Hall–Kier alpha value is -2.37. The summed E-state index contributed by atoms with van der Waals surface area (Å²) in [6, 6.07) is 3.74. The molecule has 2 aromatic rings. The van der Waals surface area contributed by atoms with E-state index in [0.29, 0.717) is 5.65 Å². The lowest BCUT2D eigenvalue weighted by Crippen LogP contribution is -2.40. The second-order valence-corrected chi connectivity index (χ2v) is 5.91. The molecule has 2 amide bonds. The number of amides is 2. The van der Waals surface area contributed by atoms with Gasteiger partial charge in [-0.15, -0.1) is 0 Å². The number of hydrogen-bond donors (Lipinski definition) is 0. The number of imide groups is 1. The average Bonchev–Trinajstić information content (AvgIpc) is 2.67. The van der Waals surface area contributed by atoms with Crippen molar-refractivity contribution >= 4 is 23.5 Å². The van der Waals surface area contributed by atoms with Gasteiger partial charge in [-0.25, -0.2) is 9.78 Å². The Morgan fingerprint density at radius 3 is 2.48 bits per heavy atom. The summed E-state index contributed by atoms with van der Waals surface area (Å²) in [5.41, 5.74) is 1.03. The lowest BCUT2D eigenvalue weighted by molar-refractivity contribution is -0.116. The van der Waals surface area contributed by atoms with Crippen LogP contribution in [0.5, 0.6) is 0 Å². The molecule has 6 heteroatoms. The van der Waals surface area contributed by atoms with E-state index in [9.17, 15) is 9.59 Å². The molecule has 0 bridgehead atoms. The predicted octanol–water partition coefficient (Wildman–Crippen LogP) is 2.93. The number of hydrogen-bond acceptors (Lipinski definition) is 4. The number of ether oxygens (including phenoxy) is 1. The summed E-state index contributed by atoms with van der Waals surface area (Å²) < 4.78 is 7.02. The van der Waals surface area contributed by atoms with Crippen LogP contribution in [0.15, 0.2) is 24.5 Å². The number of rotatable bonds is 1. The van der Waals surface area contributed by atoms with Crippen molar-refractivity contribution in [3.8, 4) is 0 Å². The van der Waals surface area contributed by atoms with Gasteiger partial charge in [-0.2, -0.15) is 4.90 Å². The van der Waals surface area contributed by atoms with Crippen molar-refractivity contribution in [3.05, 3.63) is 30.1 Å². The number of anilines is 1. The molecule has 112 valence electrons. The van der Waals surface area contributed by atoms with Gasteiger partial charge in [-0.1, -0.05) is 6.07 Å². The zero-order chi connectivity index (χ0) is 15.8. The lowest BCUT2D eigenvalue weighted by atomic mass is 10.2. The quantitative estimate of drug-likeness (QED) is 0.809. The summed E-state index contributed by atoms with van der Waals surface area (Å²) in [5.74, 6) is -0.188. The maximum Gasteiger partial charge on any atom is 0.423 e. The van der Waals surface area contributed by atoms with Crippen molar-refractivity contribution in [1.82, 2.24) is 9.38 Å². The minimum absolute atomic E-state index is 0.252. The minimum atomic E-state index is -0.727. The molecule has 0 aliphatic carbocycles. The minimum Gasteiger partial charge on any atom is -0.443 e. The van der Waals surface area contributed by atoms with Crippen LogP contribution in [0.1, 0.15) is 33.3 Å². The molecule has 0 radical (unpaired) electrons. The molecule has 0 atom stereocenters. The van der Waals surface area contributed by atoms with Gasteiger partial charge in [0, 0.05) is 13.1 Å². The van der Waals surface area contributed by atoms with E-state index in [4.69, 9.17) is 4.74 Å². The van der Waals surface area contributed by atoms with E-state index in [1.807, 2.05) is 25.3 Å². The van der Waals surface area contributed by atoms with Crippen LogP contribution >= 0.6 is 0 Å². The molecule has 2 aromatic heterocycles. The summed E-state index contributed by atoms with van der Waals surface area (Å²) in [4.78, 5) is 29.2. The average molecular weight is 289 g/mol. The van der Waals surface area contributed by atoms with Gasteiger partial charge in [0.15, 0.2) is 5.82 Å². The van der Waals surface area contributed by atoms with E-state index >= 15 is 0 Å². The van der Waals surface area contributed by atoms with E-state index in [0.717, 1.165) is 10.5 Å². The van der Waals surface area contributed by atoms with Gasteiger partial charge in [0.05, 0.1) is 6.20 Å². The summed E-state index contributed by atoms with van der Waals surface area (Å²) in [5, 5.41) is 0. The SMILES string of the molecule is CC(=O)N(C(=O)OC(C)(C)C)c1cn2cc(C)ccc2n1. The third-order valence-electron chi connectivity index (χ3n) is 2.71. The molecule has 0 saturated carbocycles. The summed E-state index contributed by atoms with van der Waals surface area (Å²) in [6.45, 7) is 8.50. The summed E-state index contributed by atoms with van der Waals surface area (Å²) in [6.07, 6.45) is 2.78. The molecule has 2 heterocycles. The first-order valence-electron chi connectivity index (χ1n) is 6.66. The second-order valence-electron chi connectivity index (χ2n) is 5.91. The topological polar surface area (TPSA) is 63.9 Å². The van der Waals surface area contributed by atoms with Gasteiger partial charge in [0.2, 0.25) is 5.91 Å². The standard InChI is InChI=1S/C15H19N3O3/c1-10-6-7-12-16-13(9-17(12)8-10)18(11(2)19)14(20)21-15(3,4)5/h6-9H,1-5H3. The number of carbonyl (C=O) groups is 2. The first-order valence-corrected chi connectivity index (χ1v) is 6.66. The van der Waals surface area contributed by atoms with Gasteiger partial charge in [0.1, 0.15) is 11.2 Å². The number of nitrogens with zero attached hydrogens (tertiary/aromatic N) is 3. The number of carbonyl (C=O) groups excluding carboxylic acids is 2. The molecule has 21 heavy (non-hydrogen) atoms. The first-order chi connectivity index (χ1) is 9.67. The van der Waals surface area contributed by atoms with Crippen molar-refractivity contribution in [1.29, 1.82) is 0 Å². The highest BCUT2D eigenvalue weighted by atomic mass is 16.6. The van der Waals surface area contributed by atoms with E-state index < -0.39 is 17.6 Å². The van der Waals surface area contributed by atoms with Crippen LogP contribution in [-0.2, 0) is 9.53 Å². The fourth-order valence-electron chi connectivity index (χ4n) is 1.89. The molecule has 0 saturated heterocycles. The summed E-state index contributed by atoms with van der Waals surface area (Å²) >= 11 is 0. The Morgan fingerprint density at radius 1 is 1.24 bits per heavy atom. The molecule has 0 spiro atoms. The van der Waals surface area contributed by atoms with Crippen molar-refractivity contribution < 1.29 is 14.3 Å². The van der Waals surface area contributed by atoms with Crippen LogP contribution in [0.3, 0.4) is 0 Å². The monoisotopic (exact) mass is 289 g/mol. The van der Waals surface area contributed by atoms with Gasteiger partial charge < -0.3 is 9.14 Å². The van der Waals surface area contributed by atoms with Crippen LogP contribution < -0.4 is 4.90 Å². The van der Waals surface area contributed by atoms with Crippen LogP contribution in [0.2, 0.25) is 0 Å². The Bertz CT molecular complexity index is 698. The number of pyridine rings is 1. The number of imidazole rings is 1. The third-order valence-corrected chi connectivity index (χ3v) is 2.71. The van der Waals surface area contributed by atoms with Gasteiger partial charge in [-0.3, -0.25) is 4.79 Å². The number of fused-ring (bicyclic) bond motifs is 1. The Morgan fingerprint density at radius 2 is 1.90 bits per heavy atom.